The minimum absolute atomic E-state index is 0.0281. The van der Waals surface area contributed by atoms with Gasteiger partial charge in [0.2, 0.25) is 5.95 Å². The molecule has 2 aromatic heterocycles. The van der Waals surface area contributed by atoms with Crippen molar-refractivity contribution >= 4 is 29.0 Å². The minimum atomic E-state index is -0.229. The molecule has 0 aliphatic carbocycles. The van der Waals surface area contributed by atoms with Gasteiger partial charge in [-0.3, -0.25) is 9.59 Å². The van der Waals surface area contributed by atoms with Gasteiger partial charge in [0.15, 0.2) is 12.0 Å². The molecule has 1 aliphatic heterocycles. The summed E-state index contributed by atoms with van der Waals surface area (Å²) in [5, 5.41) is 10.8. The predicted octanol–water partition coefficient (Wildman–Crippen LogP) is 2.99. The zero-order chi connectivity index (χ0) is 22.0. The molecule has 5 rings (SSSR count). The van der Waals surface area contributed by atoms with Gasteiger partial charge < -0.3 is 10.6 Å². The highest BCUT2D eigenvalue weighted by Crippen LogP contribution is 2.29. The topological polar surface area (TPSA) is 131 Å². The lowest BCUT2D eigenvalue weighted by atomic mass is 10.1. The predicted molar refractivity (Wildman–Crippen MR) is 116 cm³/mol. The third-order valence-electron chi connectivity index (χ3n) is 5.00. The van der Waals surface area contributed by atoms with Crippen LogP contribution in [0.15, 0.2) is 42.5 Å². The van der Waals surface area contributed by atoms with E-state index in [1.165, 1.54) is 0 Å². The molecular formula is C22H21N7O2. The quantitative estimate of drug-likeness (QED) is 0.492. The van der Waals surface area contributed by atoms with Crippen molar-refractivity contribution in [1.29, 1.82) is 0 Å². The van der Waals surface area contributed by atoms with E-state index in [9.17, 15) is 9.59 Å². The Kier molecular flexibility index (Phi) is 5.40. The number of nitrogens with two attached hydrogens (primary N) is 1. The Morgan fingerprint density at radius 3 is 2.45 bits per heavy atom. The van der Waals surface area contributed by atoms with Crippen molar-refractivity contribution in [2.45, 2.75) is 26.9 Å². The van der Waals surface area contributed by atoms with Crippen molar-refractivity contribution in [1.82, 2.24) is 30.3 Å². The van der Waals surface area contributed by atoms with E-state index in [4.69, 9.17) is 5.73 Å². The number of anilines is 1. The highest BCUT2D eigenvalue weighted by molar-refractivity contribution is 6.06. The molecule has 3 N–H and O–H groups in total. The van der Waals surface area contributed by atoms with Crippen LogP contribution in [0.5, 0.6) is 0 Å². The summed E-state index contributed by atoms with van der Waals surface area (Å²) in [5.74, 6) is -0.200. The number of nitrogen functional groups attached to an aromatic ring is 1. The number of aromatic nitrogens is 5. The second-order valence-electron chi connectivity index (χ2n) is 6.77. The Hall–Kier alpha value is -4.14. The first-order valence-corrected chi connectivity index (χ1v) is 9.93. The first-order valence-electron chi connectivity index (χ1n) is 9.93. The Balaban J connectivity index is 0.00000112. The summed E-state index contributed by atoms with van der Waals surface area (Å²) < 4.78 is 0. The van der Waals surface area contributed by atoms with E-state index >= 15 is 0 Å². The average molecular weight is 415 g/mol. The Morgan fingerprint density at radius 1 is 1.06 bits per heavy atom. The first kappa shape index (κ1) is 20.1. The number of aromatic amines is 1. The van der Waals surface area contributed by atoms with Crippen LogP contribution >= 0.6 is 0 Å². The highest BCUT2D eigenvalue weighted by Gasteiger charge is 2.27. The van der Waals surface area contributed by atoms with Crippen LogP contribution in [0.25, 0.3) is 22.2 Å². The van der Waals surface area contributed by atoms with Gasteiger partial charge in [-0.25, -0.2) is 9.97 Å². The van der Waals surface area contributed by atoms with Gasteiger partial charge in [0.05, 0.1) is 5.52 Å². The molecule has 0 saturated carbocycles. The van der Waals surface area contributed by atoms with Gasteiger partial charge in [0, 0.05) is 24.0 Å². The molecule has 4 aromatic rings. The average Bonchev–Trinajstić information content (AvgIpc) is 3.46. The van der Waals surface area contributed by atoms with Crippen molar-refractivity contribution in [3.8, 4) is 11.3 Å². The number of fused-ring (bicyclic) bond motifs is 2. The molecule has 31 heavy (non-hydrogen) atoms. The standard InChI is InChI=1S/C20H15N7O2.C2H6/c21-20-22-15-6-5-11(17-16(10-28)24-26-25-17)7-14(15)18(23-20)19(29)27-8-12-3-1-2-4-13(12)9-27;1-2/h1-7,10H,8-9H2,(H2,21,22,23)(H,24,25,26);1-2H3. The van der Waals surface area contributed by atoms with Gasteiger partial charge in [-0.05, 0) is 23.3 Å². The van der Waals surface area contributed by atoms with Crippen LogP contribution in [0.4, 0.5) is 5.95 Å². The number of nitrogens with one attached hydrogen (secondary N) is 1. The zero-order valence-corrected chi connectivity index (χ0v) is 17.2. The van der Waals surface area contributed by atoms with E-state index in [2.05, 4.69) is 25.4 Å². The largest absolute Gasteiger partial charge is 0.368 e. The summed E-state index contributed by atoms with van der Waals surface area (Å²) in [7, 11) is 0. The molecule has 2 aromatic carbocycles. The monoisotopic (exact) mass is 415 g/mol. The van der Waals surface area contributed by atoms with Crippen LogP contribution < -0.4 is 5.73 Å². The summed E-state index contributed by atoms with van der Waals surface area (Å²) in [5.41, 5.74) is 10.1. The SMILES string of the molecule is CC.Nc1nc(C(=O)N2Cc3ccccc3C2)c2cc(-c3n[nH]nc3C=O)ccc2n1. The highest BCUT2D eigenvalue weighted by atomic mass is 16.2. The van der Waals surface area contributed by atoms with Crippen LogP contribution in [-0.2, 0) is 13.1 Å². The lowest BCUT2D eigenvalue weighted by Crippen LogP contribution is -2.27. The molecule has 156 valence electrons. The molecule has 0 atom stereocenters. The summed E-state index contributed by atoms with van der Waals surface area (Å²) in [6.45, 7) is 5.03. The summed E-state index contributed by atoms with van der Waals surface area (Å²) in [6.07, 6.45) is 0.621. The fourth-order valence-corrected chi connectivity index (χ4v) is 3.62. The van der Waals surface area contributed by atoms with Crippen LogP contribution in [0.2, 0.25) is 0 Å². The number of hydrogen-bond donors (Lipinski definition) is 2. The molecule has 0 radical (unpaired) electrons. The number of H-pyrrole nitrogens is 1. The van der Waals surface area contributed by atoms with Gasteiger partial charge in [-0.2, -0.15) is 15.4 Å². The molecule has 3 heterocycles. The van der Waals surface area contributed by atoms with Crippen molar-refractivity contribution in [2.75, 3.05) is 5.73 Å². The Bertz CT molecular complexity index is 1260. The van der Waals surface area contributed by atoms with Gasteiger partial charge in [0.1, 0.15) is 11.4 Å². The third kappa shape index (κ3) is 3.61. The van der Waals surface area contributed by atoms with Crippen molar-refractivity contribution in [2.24, 2.45) is 0 Å². The molecule has 1 aliphatic rings. The summed E-state index contributed by atoms with van der Waals surface area (Å²) >= 11 is 0. The minimum Gasteiger partial charge on any atom is -0.368 e. The third-order valence-corrected chi connectivity index (χ3v) is 5.00. The van der Waals surface area contributed by atoms with Crippen LogP contribution in [0.1, 0.15) is 46.0 Å². The maximum Gasteiger partial charge on any atom is 0.273 e. The van der Waals surface area contributed by atoms with Crippen molar-refractivity contribution < 1.29 is 9.59 Å². The van der Waals surface area contributed by atoms with E-state index in [-0.39, 0.29) is 23.2 Å². The molecule has 1 amide bonds. The second kappa shape index (κ2) is 8.31. The van der Waals surface area contributed by atoms with E-state index in [0.717, 1.165) is 11.1 Å². The van der Waals surface area contributed by atoms with Gasteiger partial charge in [-0.15, -0.1) is 0 Å². The summed E-state index contributed by atoms with van der Waals surface area (Å²) in [6, 6.07) is 13.1. The van der Waals surface area contributed by atoms with Crippen LogP contribution in [-0.4, -0.2) is 42.5 Å². The number of carbonyl (C=O) groups is 2. The Labute approximate surface area is 178 Å². The number of benzene rings is 2. The zero-order valence-electron chi connectivity index (χ0n) is 17.2. The molecule has 0 unspecified atom stereocenters. The van der Waals surface area contributed by atoms with Crippen LogP contribution in [0, 0.1) is 0 Å². The lowest BCUT2D eigenvalue weighted by molar-refractivity contribution is 0.0747. The van der Waals surface area contributed by atoms with Crippen molar-refractivity contribution in [3.05, 3.63) is 65.0 Å². The molecular weight excluding hydrogens is 394 g/mol. The van der Waals surface area contributed by atoms with Gasteiger partial charge >= 0.3 is 0 Å². The molecule has 0 spiro atoms. The Morgan fingerprint density at radius 2 is 1.77 bits per heavy atom. The first-order chi connectivity index (χ1) is 15.1. The van der Waals surface area contributed by atoms with Crippen molar-refractivity contribution in [3.63, 3.8) is 0 Å². The second-order valence-corrected chi connectivity index (χ2v) is 6.77. The number of hydrogen-bond acceptors (Lipinski definition) is 7. The molecule has 0 saturated heterocycles. The molecule has 9 nitrogen and oxygen atoms in total. The summed E-state index contributed by atoms with van der Waals surface area (Å²) in [4.78, 5) is 34.7. The van der Waals surface area contributed by atoms with E-state index in [0.29, 0.717) is 41.5 Å². The maximum atomic E-state index is 13.3. The number of rotatable bonds is 3. The van der Waals surface area contributed by atoms with E-state index in [1.54, 1.807) is 23.1 Å². The fraction of sp³-hybridized carbons (Fsp3) is 0.182. The smallest absolute Gasteiger partial charge is 0.273 e. The number of amides is 1. The van der Waals surface area contributed by atoms with E-state index < -0.39 is 0 Å². The number of aldehydes is 1. The molecule has 0 fully saturated rings. The van der Waals surface area contributed by atoms with E-state index in [1.807, 2.05) is 38.1 Å². The van der Waals surface area contributed by atoms with Crippen LogP contribution in [0.3, 0.4) is 0 Å². The molecule has 0 bridgehead atoms. The molecule has 9 heteroatoms. The number of nitrogens with zero attached hydrogens (tertiary/aromatic N) is 5. The number of carbonyl (C=O) groups excluding carboxylic acids is 2. The van der Waals surface area contributed by atoms with Gasteiger partial charge in [0.25, 0.3) is 5.91 Å². The fourth-order valence-electron chi connectivity index (χ4n) is 3.62. The lowest BCUT2D eigenvalue weighted by Gasteiger charge is -2.16. The maximum absolute atomic E-state index is 13.3. The van der Waals surface area contributed by atoms with Gasteiger partial charge in [-0.1, -0.05) is 44.2 Å². The normalized spacial score (nSPS) is 12.3.